The van der Waals surface area contributed by atoms with Crippen molar-refractivity contribution in [3.8, 4) is 16.9 Å². The van der Waals surface area contributed by atoms with Crippen molar-refractivity contribution in [2.24, 2.45) is 11.5 Å². The number of halogens is 3. The standard InChI is InChI=1S/C26H26F2N4O4.ClH/c1-2-35-24(26(34)32-13-15-6-8-16(9-7-15)25(30)31)23-20(27)11-18(12-21(23)28)17-4-3-5-19(10-17)36-14-22(29)33;/h3-12,24H,2,13-14H2,1H3,(H2,29,33)(H3,30,31)(H,32,34);1H. The molecule has 0 spiro atoms. The predicted octanol–water partition coefficient (Wildman–Crippen LogP) is 3.60. The summed E-state index contributed by atoms with van der Waals surface area (Å²) in [5, 5.41) is 10.1. The molecule has 196 valence electrons. The minimum atomic E-state index is -1.51. The molecule has 0 fully saturated rings. The molecule has 0 saturated carbocycles. The maximum absolute atomic E-state index is 15.1. The highest BCUT2D eigenvalue weighted by atomic mass is 35.5. The van der Waals surface area contributed by atoms with E-state index in [-0.39, 0.29) is 43.6 Å². The molecule has 0 aromatic heterocycles. The third-order valence-electron chi connectivity index (χ3n) is 5.19. The summed E-state index contributed by atoms with van der Waals surface area (Å²) < 4.78 is 40.9. The van der Waals surface area contributed by atoms with Crippen molar-refractivity contribution in [1.82, 2.24) is 5.32 Å². The van der Waals surface area contributed by atoms with Crippen LogP contribution in [0.3, 0.4) is 0 Å². The highest BCUT2D eigenvalue weighted by Crippen LogP contribution is 2.31. The SMILES string of the molecule is CCOC(C(=O)NCc1ccc(C(=N)N)cc1)c1c(F)cc(-c2cccc(OCC(N)=O)c2)cc1F.Cl. The first kappa shape index (κ1) is 29.2. The minimum Gasteiger partial charge on any atom is -0.484 e. The van der Waals surface area contributed by atoms with Gasteiger partial charge in [-0.3, -0.25) is 15.0 Å². The first-order chi connectivity index (χ1) is 17.2. The van der Waals surface area contributed by atoms with Crippen molar-refractivity contribution in [3.05, 3.63) is 89.0 Å². The van der Waals surface area contributed by atoms with Crippen LogP contribution in [0.5, 0.6) is 5.75 Å². The summed E-state index contributed by atoms with van der Waals surface area (Å²) in [6, 6.07) is 15.2. The van der Waals surface area contributed by atoms with E-state index in [1.54, 1.807) is 49.4 Å². The number of hydrogen-bond acceptors (Lipinski definition) is 5. The van der Waals surface area contributed by atoms with Gasteiger partial charge < -0.3 is 26.3 Å². The molecular formula is C26H27ClF2N4O4. The molecular weight excluding hydrogens is 506 g/mol. The van der Waals surface area contributed by atoms with E-state index in [0.717, 1.165) is 12.1 Å². The molecule has 3 rings (SSSR count). The van der Waals surface area contributed by atoms with Gasteiger partial charge in [0.15, 0.2) is 12.7 Å². The van der Waals surface area contributed by atoms with Gasteiger partial charge >= 0.3 is 0 Å². The lowest BCUT2D eigenvalue weighted by Gasteiger charge is -2.19. The monoisotopic (exact) mass is 532 g/mol. The fourth-order valence-electron chi connectivity index (χ4n) is 3.46. The molecule has 0 saturated heterocycles. The summed E-state index contributed by atoms with van der Waals surface area (Å²) in [5.74, 6) is -3.05. The van der Waals surface area contributed by atoms with Gasteiger partial charge in [-0.05, 0) is 47.9 Å². The molecule has 3 aromatic rings. The van der Waals surface area contributed by atoms with E-state index in [1.165, 1.54) is 6.07 Å². The van der Waals surface area contributed by atoms with Crippen LogP contribution in [-0.4, -0.2) is 30.9 Å². The van der Waals surface area contributed by atoms with E-state index in [4.69, 9.17) is 26.4 Å². The number of primary amides is 1. The molecule has 37 heavy (non-hydrogen) atoms. The number of carbonyl (C=O) groups excluding carboxylic acids is 2. The van der Waals surface area contributed by atoms with Crippen molar-refractivity contribution in [2.75, 3.05) is 13.2 Å². The largest absolute Gasteiger partial charge is 0.484 e. The number of ether oxygens (including phenoxy) is 2. The zero-order chi connectivity index (χ0) is 26.2. The topological polar surface area (TPSA) is 141 Å². The lowest BCUT2D eigenvalue weighted by molar-refractivity contribution is -0.133. The second kappa shape index (κ2) is 13.3. The van der Waals surface area contributed by atoms with E-state index in [1.807, 2.05) is 0 Å². The van der Waals surface area contributed by atoms with E-state index < -0.39 is 35.1 Å². The number of amides is 2. The van der Waals surface area contributed by atoms with Crippen LogP contribution in [0.25, 0.3) is 11.1 Å². The summed E-state index contributed by atoms with van der Waals surface area (Å²) in [6.07, 6.45) is -1.51. The Labute approximate surface area is 218 Å². The van der Waals surface area contributed by atoms with Crippen LogP contribution in [0.2, 0.25) is 0 Å². The summed E-state index contributed by atoms with van der Waals surface area (Å²) in [7, 11) is 0. The molecule has 11 heteroatoms. The normalized spacial score (nSPS) is 11.2. The van der Waals surface area contributed by atoms with Gasteiger partial charge in [0.1, 0.15) is 23.2 Å². The Morgan fingerprint density at radius 2 is 1.65 bits per heavy atom. The van der Waals surface area contributed by atoms with Crippen molar-refractivity contribution in [3.63, 3.8) is 0 Å². The van der Waals surface area contributed by atoms with Crippen LogP contribution in [0.4, 0.5) is 8.78 Å². The van der Waals surface area contributed by atoms with E-state index in [0.29, 0.717) is 22.4 Å². The van der Waals surface area contributed by atoms with Crippen molar-refractivity contribution >= 4 is 30.1 Å². The van der Waals surface area contributed by atoms with Crippen molar-refractivity contribution < 1.29 is 27.8 Å². The van der Waals surface area contributed by atoms with Gasteiger partial charge in [0.25, 0.3) is 11.8 Å². The Kier molecular flexibility index (Phi) is 10.5. The maximum Gasteiger partial charge on any atom is 0.255 e. The van der Waals surface area contributed by atoms with Crippen molar-refractivity contribution in [2.45, 2.75) is 19.6 Å². The summed E-state index contributed by atoms with van der Waals surface area (Å²) in [4.78, 5) is 23.8. The molecule has 0 radical (unpaired) electrons. The van der Waals surface area contributed by atoms with Gasteiger partial charge in [0.2, 0.25) is 0 Å². The molecule has 6 N–H and O–H groups in total. The predicted molar refractivity (Wildman–Crippen MR) is 137 cm³/mol. The summed E-state index contributed by atoms with van der Waals surface area (Å²) in [5.41, 5.74) is 11.9. The number of hydrogen-bond donors (Lipinski definition) is 4. The smallest absolute Gasteiger partial charge is 0.255 e. The Balaban J connectivity index is 0.00000481. The van der Waals surface area contributed by atoms with Gasteiger partial charge in [-0.15, -0.1) is 12.4 Å². The first-order valence-electron chi connectivity index (χ1n) is 11.0. The Hall–Kier alpha value is -4.02. The van der Waals surface area contributed by atoms with Gasteiger partial charge in [-0.1, -0.05) is 36.4 Å². The van der Waals surface area contributed by atoms with Gasteiger partial charge in [0, 0.05) is 18.7 Å². The van der Waals surface area contributed by atoms with E-state index >= 15 is 8.78 Å². The number of nitrogens with two attached hydrogens (primary N) is 2. The molecule has 1 unspecified atom stereocenters. The maximum atomic E-state index is 15.1. The molecule has 0 aliphatic carbocycles. The molecule has 8 nitrogen and oxygen atoms in total. The molecule has 0 aliphatic rings. The minimum absolute atomic E-state index is 0. The fraction of sp³-hybridized carbons (Fsp3) is 0.192. The fourth-order valence-corrected chi connectivity index (χ4v) is 3.46. The van der Waals surface area contributed by atoms with E-state index in [9.17, 15) is 9.59 Å². The second-order valence-corrected chi connectivity index (χ2v) is 7.80. The highest BCUT2D eigenvalue weighted by molar-refractivity contribution is 5.94. The Morgan fingerprint density at radius 1 is 1.00 bits per heavy atom. The lowest BCUT2D eigenvalue weighted by atomic mass is 9.99. The number of benzene rings is 3. The molecule has 1 atom stereocenters. The van der Waals surface area contributed by atoms with Crippen molar-refractivity contribution in [1.29, 1.82) is 5.41 Å². The quantitative estimate of drug-likeness (QED) is 0.221. The number of nitrogen functional groups attached to an aromatic ring is 1. The number of carbonyl (C=O) groups is 2. The lowest BCUT2D eigenvalue weighted by Crippen LogP contribution is -2.31. The Morgan fingerprint density at radius 3 is 2.22 bits per heavy atom. The average molecular weight is 533 g/mol. The van der Waals surface area contributed by atoms with Gasteiger partial charge in [0.05, 0.1) is 5.56 Å². The first-order valence-corrected chi connectivity index (χ1v) is 11.0. The number of amidine groups is 1. The highest BCUT2D eigenvalue weighted by Gasteiger charge is 2.28. The molecule has 0 heterocycles. The summed E-state index contributed by atoms with van der Waals surface area (Å²) >= 11 is 0. The van der Waals surface area contributed by atoms with Crippen LogP contribution >= 0.6 is 12.4 Å². The second-order valence-electron chi connectivity index (χ2n) is 7.80. The summed E-state index contributed by atoms with van der Waals surface area (Å²) in [6.45, 7) is 1.41. The third kappa shape index (κ3) is 7.73. The Bertz CT molecular complexity index is 1250. The van der Waals surface area contributed by atoms with Crippen LogP contribution in [0, 0.1) is 17.0 Å². The van der Waals surface area contributed by atoms with Gasteiger partial charge in [-0.25, -0.2) is 8.78 Å². The molecule has 2 amide bonds. The molecule has 3 aromatic carbocycles. The molecule has 0 bridgehead atoms. The average Bonchev–Trinajstić information content (AvgIpc) is 2.85. The van der Waals surface area contributed by atoms with Crippen LogP contribution in [-0.2, 0) is 20.9 Å². The number of rotatable bonds is 11. The zero-order valence-electron chi connectivity index (χ0n) is 19.9. The third-order valence-corrected chi connectivity index (χ3v) is 5.19. The molecule has 0 aliphatic heterocycles. The van der Waals surface area contributed by atoms with Crippen LogP contribution in [0.15, 0.2) is 60.7 Å². The zero-order valence-corrected chi connectivity index (χ0v) is 20.7. The van der Waals surface area contributed by atoms with Crippen LogP contribution in [0.1, 0.15) is 29.7 Å². The van der Waals surface area contributed by atoms with E-state index in [2.05, 4.69) is 5.32 Å². The number of nitrogens with one attached hydrogen (secondary N) is 2. The van der Waals surface area contributed by atoms with Crippen LogP contribution < -0.4 is 21.5 Å². The van der Waals surface area contributed by atoms with Gasteiger partial charge in [-0.2, -0.15) is 0 Å².